The van der Waals surface area contributed by atoms with Gasteiger partial charge in [0, 0.05) is 24.1 Å². The lowest BCUT2D eigenvalue weighted by Gasteiger charge is -2.24. The standard InChI is InChI=1S/C24H23N3O4/c28-11-10-27-21(29)13-15-12-20-18(22(15)27)2-1-3-19(20)23-25-24(31-26-23)14-4-6-16(7-5-14)30-17-8-9-17/h1-7,15,17,22,28H,8-13H2. The van der Waals surface area contributed by atoms with Crippen LogP contribution in [0.3, 0.4) is 0 Å². The number of β-amino-alcohol motifs (C(OH)–C–C–N with tert-alkyl or cyclic N) is 1. The number of aliphatic hydroxyl groups is 1. The zero-order chi connectivity index (χ0) is 20.9. The number of hydrogen-bond donors (Lipinski definition) is 1. The second-order valence-corrected chi connectivity index (χ2v) is 8.56. The highest BCUT2D eigenvalue weighted by Crippen LogP contribution is 2.49. The van der Waals surface area contributed by atoms with Crippen LogP contribution in [0.5, 0.6) is 5.75 Å². The first-order chi connectivity index (χ1) is 15.2. The molecular weight excluding hydrogens is 394 g/mol. The fourth-order valence-corrected chi connectivity index (χ4v) is 4.93. The minimum atomic E-state index is -0.0251. The van der Waals surface area contributed by atoms with E-state index >= 15 is 0 Å². The molecule has 2 aliphatic carbocycles. The van der Waals surface area contributed by atoms with Gasteiger partial charge in [0.2, 0.25) is 11.7 Å². The molecule has 1 amide bonds. The Bertz CT molecular complexity index is 1140. The number of aromatic nitrogens is 2. The van der Waals surface area contributed by atoms with Crippen LogP contribution in [0.15, 0.2) is 47.0 Å². The molecule has 1 aromatic heterocycles. The number of fused-ring (bicyclic) bond motifs is 3. The Kier molecular flexibility index (Phi) is 4.31. The van der Waals surface area contributed by atoms with Gasteiger partial charge in [0.05, 0.1) is 18.8 Å². The Morgan fingerprint density at radius 1 is 1.13 bits per heavy atom. The molecule has 0 bridgehead atoms. The van der Waals surface area contributed by atoms with Crippen LogP contribution in [0.2, 0.25) is 0 Å². The van der Waals surface area contributed by atoms with E-state index in [0.29, 0.717) is 30.8 Å². The molecule has 2 unspecified atom stereocenters. The van der Waals surface area contributed by atoms with E-state index in [1.54, 1.807) is 0 Å². The first-order valence-electron chi connectivity index (χ1n) is 10.8. The lowest BCUT2D eigenvalue weighted by atomic mass is 10.0. The molecule has 2 atom stereocenters. The van der Waals surface area contributed by atoms with Crippen molar-refractivity contribution in [2.45, 2.75) is 37.8 Å². The van der Waals surface area contributed by atoms with Crippen LogP contribution in [0, 0.1) is 5.92 Å². The number of amides is 1. The van der Waals surface area contributed by atoms with E-state index in [0.717, 1.165) is 41.7 Å². The molecule has 158 valence electrons. The van der Waals surface area contributed by atoms with Gasteiger partial charge in [-0.1, -0.05) is 23.4 Å². The summed E-state index contributed by atoms with van der Waals surface area (Å²) in [5, 5.41) is 13.6. The minimum absolute atomic E-state index is 0.0251. The van der Waals surface area contributed by atoms with Gasteiger partial charge in [0.1, 0.15) is 5.75 Å². The largest absolute Gasteiger partial charge is 0.490 e. The van der Waals surface area contributed by atoms with E-state index in [1.807, 2.05) is 41.3 Å². The molecule has 0 radical (unpaired) electrons. The fourth-order valence-electron chi connectivity index (χ4n) is 4.93. The van der Waals surface area contributed by atoms with Crippen LogP contribution in [0.1, 0.15) is 36.4 Å². The maximum atomic E-state index is 12.4. The van der Waals surface area contributed by atoms with Crippen molar-refractivity contribution in [1.82, 2.24) is 15.0 Å². The molecule has 31 heavy (non-hydrogen) atoms. The molecule has 3 aromatic rings. The van der Waals surface area contributed by atoms with Gasteiger partial charge in [-0.3, -0.25) is 4.79 Å². The zero-order valence-electron chi connectivity index (χ0n) is 17.0. The third-order valence-electron chi connectivity index (χ3n) is 6.47. The van der Waals surface area contributed by atoms with Crippen LogP contribution in [-0.2, 0) is 11.2 Å². The van der Waals surface area contributed by atoms with Crippen molar-refractivity contribution < 1.29 is 19.2 Å². The van der Waals surface area contributed by atoms with E-state index in [2.05, 4.69) is 16.2 Å². The van der Waals surface area contributed by atoms with E-state index in [9.17, 15) is 9.90 Å². The Morgan fingerprint density at radius 3 is 2.74 bits per heavy atom. The summed E-state index contributed by atoms with van der Waals surface area (Å²) in [6.07, 6.45) is 3.95. The number of nitrogens with zero attached hydrogens (tertiary/aromatic N) is 3. The molecule has 1 saturated carbocycles. The number of carbonyl (C=O) groups is 1. The normalized spacial score (nSPS) is 22.0. The van der Waals surface area contributed by atoms with Gasteiger partial charge in [0.25, 0.3) is 5.89 Å². The molecule has 6 rings (SSSR count). The van der Waals surface area contributed by atoms with Crippen LogP contribution < -0.4 is 4.74 Å². The highest BCUT2D eigenvalue weighted by molar-refractivity contribution is 5.81. The summed E-state index contributed by atoms with van der Waals surface area (Å²) in [4.78, 5) is 18.8. The predicted octanol–water partition coefficient (Wildman–Crippen LogP) is 3.38. The summed E-state index contributed by atoms with van der Waals surface area (Å²) < 4.78 is 11.4. The van der Waals surface area contributed by atoms with Crippen molar-refractivity contribution >= 4 is 5.91 Å². The Hall–Kier alpha value is -3.19. The first-order valence-corrected chi connectivity index (χ1v) is 10.8. The lowest BCUT2D eigenvalue weighted by molar-refractivity contribution is -0.129. The number of benzene rings is 2. The van der Waals surface area contributed by atoms with Crippen LogP contribution >= 0.6 is 0 Å². The molecule has 0 spiro atoms. The second kappa shape index (κ2) is 7.20. The summed E-state index contributed by atoms with van der Waals surface area (Å²) in [7, 11) is 0. The minimum Gasteiger partial charge on any atom is -0.490 e. The molecule has 1 saturated heterocycles. The van der Waals surface area contributed by atoms with Gasteiger partial charge in [-0.25, -0.2) is 0 Å². The van der Waals surface area contributed by atoms with E-state index in [1.165, 1.54) is 5.56 Å². The fraction of sp³-hybridized carbons (Fsp3) is 0.375. The maximum absolute atomic E-state index is 12.4. The Labute approximate surface area is 179 Å². The van der Waals surface area contributed by atoms with Crippen LogP contribution in [0.25, 0.3) is 22.8 Å². The van der Waals surface area contributed by atoms with Crippen LogP contribution in [0.4, 0.5) is 0 Å². The summed E-state index contributed by atoms with van der Waals surface area (Å²) in [5.74, 6) is 2.25. The summed E-state index contributed by atoms with van der Waals surface area (Å²) in [5.41, 5.74) is 4.11. The topological polar surface area (TPSA) is 88.7 Å². The summed E-state index contributed by atoms with van der Waals surface area (Å²) >= 11 is 0. The van der Waals surface area contributed by atoms with E-state index in [4.69, 9.17) is 9.26 Å². The van der Waals surface area contributed by atoms with Crippen molar-refractivity contribution in [3.8, 4) is 28.6 Å². The molecule has 2 heterocycles. The third-order valence-corrected chi connectivity index (χ3v) is 6.47. The summed E-state index contributed by atoms with van der Waals surface area (Å²) in [6.45, 7) is 0.346. The predicted molar refractivity (Wildman–Crippen MR) is 112 cm³/mol. The molecule has 1 N–H and O–H groups in total. The van der Waals surface area contributed by atoms with Gasteiger partial charge in [-0.05, 0) is 60.6 Å². The number of likely N-dealkylation sites (tertiary alicyclic amines) is 1. The third kappa shape index (κ3) is 3.20. The molecule has 2 aromatic carbocycles. The average molecular weight is 417 g/mol. The second-order valence-electron chi connectivity index (χ2n) is 8.56. The van der Waals surface area contributed by atoms with Gasteiger partial charge in [-0.15, -0.1) is 0 Å². The van der Waals surface area contributed by atoms with Crippen LogP contribution in [-0.4, -0.2) is 45.3 Å². The summed E-state index contributed by atoms with van der Waals surface area (Å²) in [6, 6.07) is 13.8. The first kappa shape index (κ1) is 18.6. The smallest absolute Gasteiger partial charge is 0.258 e. The number of carbonyl (C=O) groups excluding carboxylic acids is 1. The zero-order valence-corrected chi connectivity index (χ0v) is 17.0. The molecular formula is C24H23N3O4. The SMILES string of the molecule is O=C1CC2Cc3c(-c4noc(-c5ccc(OC6CC6)cc5)n4)cccc3C2N1CCO. The molecule has 3 aliphatic rings. The molecule has 7 heteroatoms. The van der Waals surface area contributed by atoms with Gasteiger partial charge in [-0.2, -0.15) is 4.98 Å². The van der Waals surface area contributed by atoms with Crippen molar-refractivity contribution in [2.75, 3.05) is 13.2 Å². The highest BCUT2D eigenvalue weighted by atomic mass is 16.5. The number of ether oxygens (including phenoxy) is 1. The Balaban J connectivity index is 1.29. The van der Waals surface area contributed by atoms with Crippen molar-refractivity contribution in [3.05, 3.63) is 53.6 Å². The molecule has 7 nitrogen and oxygen atoms in total. The lowest BCUT2D eigenvalue weighted by Crippen LogP contribution is -2.30. The van der Waals surface area contributed by atoms with Gasteiger partial charge in [0.15, 0.2) is 0 Å². The highest BCUT2D eigenvalue weighted by Gasteiger charge is 2.46. The number of rotatable bonds is 6. The molecule has 2 fully saturated rings. The average Bonchev–Trinajstić information content (AvgIpc) is 3.19. The molecule has 1 aliphatic heterocycles. The van der Waals surface area contributed by atoms with Crippen molar-refractivity contribution in [1.29, 1.82) is 0 Å². The van der Waals surface area contributed by atoms with Gasteiger partial charge >= 0.3 is 0 Å². The van der Waals surface area contributed by atoms with E-state index in [-0.39, 0.29) is 24.5 Å². The maximum Gasteiger partial charge on any atom is 0.258 e. The van der Waals surface area contributed by atoms with E-state index < -0.39 is 0 Å². The van der Waals surface area contributed by atoms with Gasteiger partial charge < -0.3 is 19.3 Å². The van der Waals surface area contributed by atoms with Crippen molar-refractivity contribution in [3.63, 3.8) is 0 Å². The quantitative estimate of drug-likeness (QED) is 0.661. The number of hydrogen-bond acceptors (Lipinski definition) is 6. The van der Waals surface area contributed by atoms with Crippen molar-refractivity contribution in [2.24, 2.45) is 5.92 Å². The monoisotopic (exact) mass is 417 g/mol. The number of aliphatic hydroxyl groups excluding tert-OH is 1. The Morgan fingerprint density at radius 2 is 1.97 bits per heavy atom.